The van der Waals surface area contributed by atoms with Gasteiger partial charge in [-0.1, -0.05) is 18.2 Å². The zero-order valence-electron chi connectivity index (χ0n) is 11.4. The largest absolute Gasteiger partial charge is 0.411 e. The van der Waals surface area contributed by atoms with Gasteiger partial charge in [0.25, 0.3) is 0 Å². The molecule has 1 N–H and O–H groups in total. The van der Waals surface area contributed by atoms with Crippen LogP contribution in [0.2, 0.25) is 0 Å². The van der Waals surface area contributed by atoms with Crippen LogP contribution in [-0.4, -0.2) is 38.4 Å². The Morgan fingerprint density at radius 3 is 2.86 bits per heavy atom. The Kier molecular flexibility index (Phi) is 5.19. The van der Waals surface area contributed by atoms with Crippen LogP contribution in [0.1, 0.15) is 12.0 Å². The topological polar surface area (TPSA) is 41.6 Å². The summed E-state index contributed by atoms with van der Waals surface area (Å²) in [5.74, 6) is -0.228. The van der Waals surface area contributed by atoms with E-state index in [1.807, 2.05) is 24.3 Å². The van der Waals surface area contributed by atoms with Gasteiger partial charge in [0.2, 0.25) is 5.91 Å². The maximum absolute atomic E-state index is 12.2. The minimum Gasteiger partial charge on any atom is -0.372 e. The van der Waals surface area contributed by atoms with Gasteiger partial charge in [0.15, 0.2) is 0 Å². The van der Waals surface area contributed by atoms with Crippen LogP contribution in [0, 0.1) is 0 Å². The molecule has 0 fully saturated rings. The van der Waals surface area contributed by atoms with Crippen LogP contribution in [0.4, 0.5) is 18.9 Å². The molecule has 1 aliphatic heterocycles. The third kappa shape index (κ3) is 4.71. The average Bonchev–Trinajstić information content (AvgIpc) is 2.64. The van der Waals surface area contributed by atoms with E-state index in [0.29, 0.717) is 19.6 Å². The molecule has 0 unspecified atom stereocenters. The molecule has 0 atom stereocenters. The smallest absolute Gasteiger partial charge is 0.372 e. The molecule has 1 aromatic rings. The van der Waals surface area contributed by atoms with E-state index >= 15 is 0 Å². The Hall–Kier alpha value is -1.60. The van der Waals surface area contributed by atoms with Gasteiger partial charge in [-0.25, -0.2) is 0 Å². The molecule has 0 aromatic heterocycles. The number of anilines is 1. The fourth-order valence-corrected chi connectivity index (χ4v) is 2.20. The van der Waals surface area contributed by atoms with Crippen molar-refractivity contribution < 1.29 is 22.7 Å². The molecule has 1 aliphatic rings. The van der Waals surface area contributed by atoms with Gasteiger partial charge in [-0.2, -0.15) is 13.2 Å². The van der Waals surface area contributed by atoms with Gasteiger partial charge in [0.05, 0.1) is 13.0 Å². The van der Waals surface area contributed by atoms with Crippen LogP contribution in [0.15, 0.2) is 24.3 Å². The van der Waals surface area contributed by atoms with Crippen molar-refractivity contribution in [3.63, 3.8) is 0 Å². The Balaban J connectivity index is 1.93. The number of para-hydroxylation sites is 1. The summed E-state index contributed by atoms with van der Waals surface area (Å²) >= 11 is 0. The molecule has 2 rings (SSSR count). The first-order valence-corrected chi connectivity index (χ1v) is 6.71. The molecular formula is C14H17F3N2O2. The van der Waals surface area contributed by atoms with Crippen LogP contribution in [0.25, 0.3) is 0 Å². The normalized spacial score (nSPS) is 15.5. The number of nitrogens with zero attached hydrogens (tertiary/aromatic N) is 1. The number of rotatable bonds is 4. The molecular weight excluding hydrogens is 285 g/mol. The van der Waals surface area contributed by atoms with Gasteiger partial charge in [-0.15, -0.1) is 0 Å². The summed E-state index contributed by atoms with van der Waals surface area (Å²) in [7, 11) is 0. The van der Waals surface area contributed by atoms with Gasteiger partial charge in [-0.05, 0) is 11.6 Å². The lowest BCUT2D eigenvalue weighted by Crippen LogP contribution is -2.35. The Morgan fingerprint density at radius 1 is 1.33 bits per heavy atom. The lowest BCUT2D eigenvalue weighted by atomic mass is 10.1. The average molecular weight is 302 g/mol. The number of amides is 1. The summed E-state index contributed by atoms with van der Waals surface area (Å²) in [6, 6.07) is 7.50. The molecule has 0 bridgehead atoms. The molecule has 0 spiro atoms. The van der Waals surface area contributed by atoms with Crippen LogP contribution in [0.3, 0.4) is 0 Å². The highest BCUT2D eigenvalue weighted by atomic mass is 19.4. The second-order valence-electron chi connectivity index (χ2n) is 4.77. The summed E-state index contributed by atoms with van der Waals surface area (Å²) < 4.78 is 40.4. The fourth-order valence-electron chi connectivity index (χ4n) is 2.20. The molecule has 1 heterocycles. The molecule has 1 amide bonds. The first-order chi connectivity index (χ1) is 9.97. The maximum atomic E-state index is 12.2. The van der Waals surface area contributed by atoms with Gasteiger partial charge in [-0.3, -0.25) is 4.79 Å². The summed E-state index contributed by atoms with van der Waals surface area (Å²) in [6.07, 6.45) is -4.42. The lowest BCUT2D eigenvalue weighted by Gasteiger charge is -2.22. The van der Waals surface area contributed by atoms with E-state index in [2.05, 4.69) is 10.1 Å². The van der Waals surface area contributed by atoms with E-state index in [0.717, 1.165) is 11.3 Å². The van der Waals surface area contributed by atoms with E-state index in [1.54, 1.807) is 4.90 Å². The number of carbonyl (C=O) groups excluding carboxylic acids is 1. The highest BCUT2D eigenvalue weighted by Crippen LogP contribution is 2.22. The van der Waals surface area contributed by atoms with Crippen molar-refractivity contribution in [2.24, 2.45) is 0 Å². The van der Waals surface area contributed by atoms with E-state index < -0.39 is 12.8 Å². The van der Waals surface area contributed by atoms with Crippen LogP contribution < -0.4 is 10.2 Å². The Bertz CT molecular complexity index is 491. The lowest BCUT2D eigenvalue weighted by molar-refractivity contribution is -0.174. The first-order valence-electron chi connectivity index (χ1n) is 6.71. The number of nitrogens with one attached hydrogen (secondary N) is 1. The van der Waals surface area contributed by atoms with Crippen molar-refractivity contribution in [3.05, 3.63) is 29.8 Å². The molecule has 0 aliphatic carbocycles. The van der Waals surface area contributed by atoms with E-state index in [4.69, 9.17) is 0 Å². The Morgan fingerprint density at radius 2 is 2.10 bits per heavy atom. The molecule has 21 heavy (non-hydrogen) atoms. The van der Waals surface area contributed by atoms with E-state index in [1.165, 1.54) is 0 Å². The number of ether oxygens (including phenoxy) is 1. The molecule has 0 saturated heterocycles. The van der Waals surface area contributed by atoms with Crippen molar-refractivity contribution in [1.82, 2.24) is 5.32 Å². The summed E-state index contributed by atoms with van der Waals surface area (Å²) in [4.78, 5) is 13.8. The van der Waals surface area contributed by atoms with Gasteiger partial charge < -0.3 is 15.0 Å². The molecule has 0 saturated carbocycles. The monoisotopic (exact) mass is 302 g/mol. The summed E-state index contributed by atoms with van der Waals surface area (Å²) in [5, 5.41) is 3.20. The number of hydrogen-bond donors (Lipinski definition) is 1. The number of halogens is 3. The van der Waals surface area contributed by atoms with Crippen LogP contribution >= 0.6 is 0 Å². The van der Waals surface area contributed by atoms with Crippen molar-refractivity contribution in [1.29, 1.82) is 0 Å². The SMILES string of the molecule is O=C(CCOCC(F)(F)F)N1CCNCc2ccccc21. The number of carbonyl (C=O) groups is 1. The first kappa shape index (κ1) is 15.8. The third-order valence-electron chi connectivity index (χ3n) is 3.14. The standard InChI is InChI=1S/C14H17F3N2O2/c15-14(16,17)10-21-8-5-13(20)19-7-6-18-9-11-3-1-2-4-12(11)19/h1-4,18H,5-10H2. The minimum absolute atomic E-state index is 0.0651. The van der Waals surface area contributed by atoms with Crippen molar-refractivity contribution in [3.8, 4) is 0 Å². The van der Waals surface area contributed by atoms with Crippen molar-refractivity contribution >= 4 is 11.6 Å². The van der Waals surface area contributed by atoms with Crippen molar-refractivity contribution in [2.45, 2.75) is 19.1 Å². The number of hydrogen-bond acceptors (Lipinski definition) is 3. The van der Waals surface area contributed by atoms with E-state index in [-0.39, 0.29) is 18.9 Å². The molecule has 1 aromatic carbocycles. The number of fused-ring (bicyclic) bond motifs is 1. The predicted octanol–water partition coefficient (Wildman–Crippen LogP) is 2.09. The Labute approximate surface area is 120 Å². The molecule has 4 nitrogen and oxygen atoms in total. The third-order valence-corrected chi connectivity index (χ3v) is 3.14. The van der Waals surface area contributed by atoms with Gasteiger partial charge in [0, 0.05) is 25.3 Å². The van der Waals surface area contributed by atoms with Crippen molar-refractivity contribution in [2.75, 3.05) is 31.2 Å². The second kappa shape index (κ2) is 6.91. The molecule has 116 valence electrons. The molecule has 0 radical (unpaired) electrons. The van der Waals surface area contributed by atoms with Gasteiger partial charge in [0.1, 0.15) is 6.61 Å². The zero-order valence-corrected chi connectivity index (χ0v) is 11.4. The molecule has 7 heteroatoms. The fraction of sp³-hybridized carbons (Fsp3) is 0.500. The van der Waals surface area contributed by atoms with Gasteiger partial charge >= 0.3 is 6.18 Å². The minimum atomic E-state index is -4.36. The summed E-state index contributed by atoms with van der Waals surface area (Å²) in [5.41, 5.74) is 1.81. The predicted molar refractivity (Wildman–Crippen MR) is 72.0 cm³/mol. The number of alkyl halides is 3. The highest BCUT2D eigenvalue weighted by molar-refractivity contribution is 5.94. The van der Waals surface area contributed by atoms with Crippen LogP contribution in [-0.2, 0) is 16.1 Å². The van der Waals surface area contributed by atoms with E-state index in [9.17, 15) is 18.0 Å². The maximum Gasteiger partial charge on any atom is 0.411 e. The number of benzene rings is 1. The highest BCUT2D eigenvalue weighted by Gasteiger charge is 2.27. The second-order valence-corrected chi connectivity index (χ2v) is 4.77. The quantitative estimate of drug-likeness (QED) is 0.866. The summed E-state index contributed by atoms with van der Waals surface area (Å²) in [6.45, 7) is 0.256. The van der Waals surface area contributed by atoms with Crippen LogP contribution in [0.5, 0.6) is 0 Å². The zero-order chi connectivity index (χ0) is 15.3.